The van der Waals surface area contributed by atoms with Crippen LogP contribution < -0.4 is 0 Å². The fourth-order valence-electron chi connectivity index (χ4n) is 8.61. The molecule has 0 spiro atoms. The number of carbonyl (C=O) groups is 3. The summed E-state index contributed by atoms with van der Waals surface area (Å²) in [5.41, 5.74) is -0.181. The van der Waals surface area contributed by atoms with Crippen LogP contribution in [0.25, 0.3) is 0 Å². The minimum Gasteiger partial charge on any atom is -0.463 e. The van der Waals surface area contributed by atoms with E-state index in [-0.39, 0.29) is 52.6 Å². The first kappa shape index (κ1) is 22.8. The van der Waals surface area contributed by atoms with Crippen molar-refractivity contribution in [3.8, 4) is 0 Å². The molecule has 4 aliphatic rings. The molecule has 0 radical (unpaired) electrons. The van der Waals surface area contributed by atoms with Gasteiger partial charge < -0.3 is 14.6 Å². The number of aliphatic hydroxyl groups excluding tert-OH is 1. The highest BCUT2D eigenvalue weighted by molar-refractivity contribution is 5.83. The predicted molar refractivity (Wildman–Crippen MR) is 114 cm³/mol. The number of fused-ring (bicyclic) bond motifs is 5. The topological polar surface area (TPSA) is 89.9 Å². The van der Waals surface area contributed by atoms with Crippen LogP contribution in [0.3, 0.4) is 0 Å². The molecule has 9 atom stereocenters. The summed E-state index contributed by atoms with van der Waals surface area (Å²) in [5, 5.41) is 9.56. The van der Waals surface area contributed by atoms with Gasteiger partial charge in [-0.25, -0.2) is 0 Å². The molecular formula is C25H38O6. The molecule has 4 rings (SSSR count). The molecule has 4 fully saturated rings. The second-order valence-electron chi connectivity index (χ2n) is 11.2. The molecule has 0 bridgehead atoms. The van der Waals surface area contributed by atoms with Crippen LogP contribution in [0.5, 0.6) is 0 Å². The number of ether oxygens (including phenoxy) is 2. The summed E-state index contributed by atoms with van der Waals surface area (Å²) in [6.45, 7) is 7.11. The number of esters is 2. The van der Waals surface area contributed by atoms with Crippen molar-refractivity contribution in [1.82, 2.24) is 0 Å². The van der Waals surface area contributed by atoms with E-state index in [0.717, 1.165) is 44.9 Å². The van der Waals surface area contributed by atoms with Gasteiger partial charge in [-0.3, -0.25) is 14.4 Å². The average molecular weight is 435 g/mol. The smallest absolute Gasteiger partial charge is 0.302 e. The summed E-state index contributed by atoms with van der Waals surface area (Å²) in [6.07, 6.45) is 7.20. The van der Waals surface area contributed by atoms with Crippen molar-refractivity contribution in [2.24, 2.45) is 40.4 Å². The maximum Gasteiger partial charge on any atom is 0.302 e. The van der Waals surface area contributed by atoms with Gasteiger partial charge in [0.25, 0.3) is 0 Å². The second kappa shape index (κ2) is 8.17. The number of hydrogen-bond acceptors (Lipinski definition) is 6. The van der Waals surface area contributed by atoms with Crippen molar-refractivity contribution < 1.29 is 29.0 Å². The Bertz CT molecular complexity index is 748. The van der Waals surface area contributed by atoms with E-state index < -0.39 is 6.61 Å². The summed E-state index contributed by atoms with van der Waals surface area (Å²) >= 11 is 0. The van der Waals surface area contributed by atoms with E-state index in [9.17, 15) is 19.5 Å². The molecule has 174 valence electrons. The molecule has 1 N–H and O–H groups in total. The van der Waals surface area contributed by atoms with Crippen LogP contribution in [0, 0.1) is 40.4 Å². The quantitative estimate of drug-likeness (QED) is 0.679. The van der Waals surface area contributed by atoms with Crippen molar-refractivity contribution >= 4 is 17.7 Å². The van der Waals surface area contributed by atoms with Crippen molar-refractivity contribution in [3.05, 3.63) is 0 Å². The number of ketones is 1. The lowest BCUT2D eigenvalue weighted by molar-refractivity contribution is -0.200. The Morgan fingerprint density at radius 3 is 2.29 bits per heavy atom. The van der Waals surface area contributed by atoms with Crippen molar-refractivity contribution in [1.29, 1.82) is 0 Å². The molecule has 6 nitrogen and oxygen atoms in total. The molecule has 0 heterocycles. The Morgan fingerprint density at radius 1 is 0.935 bits per heavy atom. The number of rotatable bonds is 4. The van der Waals surface area contributed by atoms with Crippen molar-refractivity contribution in [3.63, 3.8) is 0 Å². The van der Waals surface area contributed by atoms with Crippen molar-refractivity contribution in [2.45, 2.75) is 91.3 Å². The fraction of sp³-hybridized carbons (Fsp3) is 0.880. The first-order chi connectivity index (χ1) is 14.6. The van der Waals surface area contributed by atoms with Crippen LogP contribution >= 0.6 is 0 Å². The highest BCUT2D eigenvalue weighted by atomic mass is 16.5. The Labute approximate surface area is 185 Å². The lowest BCUT2D eigenvalue weighted by Crippen LogP contribution is -2.60. The van der Waals surface area contributed by atoms with E-state index in [0.29, 0.717) is 24.2 Å². The van der Waals surface area contributed by atoms with E-state index in [1.807, 2.05) is 0 Å². The van der Waals surface area contributed by atoms with E-state index in [1.54, 1.807) is 0 Å². The molecule has 6 heteroatoms. The standard InChI is InChI=1S/C25H38O6/c1-14(27)30-17-9-10-24(3)16(11-17)5-6-18-19-7-8-20(21(29)13-26)25(19,4)12-22(23(18)24)31-15(2)28/h16-20,22-23,26H,5-13H2,1-4H3/t16-,17+,18-,19-,20+,22+,23+,24-,25-/m0/s1. The maximum atomic E-state index is 12.6. The van der Waals surface area contributed by atoms with Crippen LogP contribution in [-0.4, -0.2) is 41.6 Å². The fourth-order valence-corrected chi connectivity index (χ4v) is 8.61. The molecule has 4 saturated carbocycles. The molecule has 0 aromatic rings. The van der Waals surface area contributed by atoms with Crippen LogP contribution in [0.4, 0.5) is 0 Å². The highest BCUT2D eigenvalue weighted by Crippen LogP contribution is 2.68. The van der Waals surface area contributed by atoms with E-state index >= 15 is 0 Å². The van der Waals surface area contributed by atoms with Crippen LogP contribution in [-0.2, 0) is 23.9 Å². The third-order valence-corrected chi connectivity index (χ3v) is 9.72. The molecule has 0 aliphatic heterocycles. The first-order valence-corrected chi connectivity index (χ1v) is 12.1. The molecule has 4 aliphatic carbocycles. The zero-order valence-corrected chi connectivity index (χ0v) is 19.4. The molecule has 31 heavy (non-hydrogen) atoms. The third-order valence-electron chi connectivity index (χ3n) is 9.72. The molecule has 0 amide bonds. The normalized spacial score (nSPS) is 46.3. The second-order valence-corrected chi connectivity index (χ2v) is 11.2. The summed E-state index contributed by atoms with van der Waals surface area (Å²) in [5.74, 6) is 0.894. The van der Waals surface area contributed by atoms with Gasteiger partial charge in [0.15, 0.2) is 5.78 Å². The maximum absolute atomic E-state index is 12.6. The molecular weight excluding hydrogens is 396 g/mol. The minimum absolute atomic E-state index is 0.00815. The molecule has 0 saturated heterocycles. The largest absolute Gasteiger partial charge is 0.463 e. The van der Waals surface area contributed by atoms with Gasteiger partial charge in [-0.1, -0.05) is 13.8 Å². The van der Waals surface area contributed by atoms with Crippen LogP contribution in [0.2, 0.25) is 0 Å². The summed E-state index contributed by atoms with van der Waals surface area (Å²) in [7, 11) is 0. The molecule has 0 unspecified atom stereocenters. The van der Waals surface area contributed by atoms with Gasteiger partial charge in [0.05, 0.1) is 0 Å². The summed E-state index contributed by atoms with van der Waals surface area (Å²) in [4.78, 5) is 36.2. The Hall–Kier alpha value is -1.43. The first-order valence-electron chi connectivity index (χ1n) is 12.1. The summed E-state index contributed by atoms with van der Waals surface area (Å²) in [6, 6.07) is 0. The number of aliphatic hydroxyl groups is 1. The predicted octanol–water partition coefficient (Wildman–Crippen LogP) is 3.68. The monoisotopic (exact) mass is 434 g/mol. The van der Waals surface area contributed by atoms with Crippen LogP contribution in [0.15, 0.2) is 0 Å². The summed E-state index contributed by atoms with van der Waals surface area (Å²) < 4.78 is 11.6. The number of Topliss-reactive ketones (excluding diaryl/α,β-unsaturated/α-hetero) is 1. The zero-order chi connectivity index (χ0) is 22.6. The Kier molecular flexibility index (Phi) is 5.99. The van der Waals surface area contributed by atoms with Gasteiger partial charge >= 0.3 is 11.9 Å². The van der Waals surface area contributed by atoms with Crippen molar-refractivity contribution in [2.75, 3.05) is 6.61 Å². The van der Waals surface area contributed by atoms with E-state index in [4.69, 9.17) is 9.47 Å². The van der Waals surface area contributed by atoms with Gasteiger partial charge in [-0.15, -0.1) is 0 Å². The Balaban J connectivity index is 1.65. The minimum atomic E-state index is -0.406. The lowest BCUT2D eigenvalue weighted by atomic mass is 9.43. The SMILES string of the molecule is CC(=O)O[C@@H]1CC[C@@]2(C)[C@@H](CC[C@@H]3[C@@H]2[C@H](OC(C)=O)C[C@]2(C)[C@@H](C(=O)CO)CC[C@@H]32)C1. The van der Waals surface area contributed by atoms with Gasteiger partial charge in [0.1, 0.15) is 18.8 Å². The van der Waals surface area contributed by atoms with E-state index in [2.05, 4.69) is 13.8 Å². The van der Waals surface area contributed by atoms with Gasteiger partial charge in [-0.05, 0) is 80.0 Å². The Morgan fingerprint density at radius 2 is 1.65 bits per heavy atom. The number of carbonyl (C=O) groups excluding carboxylic acids is 3. The number of hydrogen-bond donors (Lipinski definition) is 1. The average Bonchev–Trinajstić information content (AvgIpc) is 3.03. The third kappa shape index (κ3) is 3.73. The van der Waals surface area contributed by atoms with E-state index in [1.165, 1.54) is 13.8 Å². The molecule has 0 aromatic heterocycles. The lowest BCUT2D eigenvalue weighted by Gasteiger charge is -2.62. The van der Waals surface area contributed by atoms with Gasteiger partial charge in [0, 0.05) is 25.7 Å². The highest BCUT2D eigenvalue weighted by Gasteiger charge is 2.65. The zero-order valence-electron chi connectivity index (χ0n) is 19.4. The van der Waals surface area contributed by atoms with Gasteiger partial charge in [0.2, 0.25) is 0 Å². The van der Waals surface area contributed by atoms with Gasteiger partial charge in [-0.2, -0.15) is 0 Å². The molecule has 0 aromatic carbocycles. The van der Waals surface area contributed by atoms with Crippen LogP contribution in [0.1, 0.15) is 79.1 Å².